The SMILES string of the molecule is CNc1cn2ccnc2c(N2CCN(CC3CC3)CC2)n1. The number of hydrogen-bond acceptors (Lipinski definition) is 5. The summed E-state index contributed by atoms with van der Waals surface area (Å²) in [6.07, 6.45) is 8.66. The molecule has 2 fully saturated rings. The normalized spacial score (nSPS) is 20.1. The number of piperazine rings is 1. The van der Waals surface area contributed by atoms with Gasteiger partial charge in [0.05, 0.1) is 6.20 Å². The highest BCUT2D eigenvalue weighted by atomic mass is 15.3. The van der Waals surface area contributed by atoms with Gasteiger partial charge >= 0.3 is 0 Å². The van der Waals surface area contributed by atoms with Crippen molar-refractivity contribution in [1.82, 2.24) is 19.3 Å². The van der Waals surface area contributed by atoms with Crippen LogP contribution in [0.3, 0.4) is 0 Å². The summed E-state index contributed by atoms with van der Waals surface area (Å²) in [6, 6.07) is 0. The Morgan fingerprint density at radius 1 is 1.24 bits per heavy atom. The summed E-state index contributed by atoms with van der Waals surface area (Å²) >= 11 is 0. The highest BCUT2D eigenvalue weighted by Crippen LogP contribution is 2.30. The first-order valence-corrected chi connectivity index (χ1v) is 7.82. The van der Waals surface area contributed by atoms with E-state index in [1.165, 1.54) is 19.4 Å². The van der Waals surface area contributed by atoms with Gasteiger partial charge in [-0.1, -0.05) is 0 Å². The lowest BCUT2D eigenvalue weighted by molar-refractivity contribution is 0.248. The van der Waals surface area contributed by atoms with Crippen LogP contribution in [-0.4, -0.2) is 59.0 Å². The van der Waals surface area contributed by atoms with E-state index in [4.69, 9.17) is 4.98 Å². The van der Waals surface area contributed by atoms with Gasteiger partial charge in [0.25, 0.3) is 0 Å². The molecule has 4 rings (SSSR count). The van der Waals surface area contributed by atoms with Crippen LogP contribution in [0.15, 0.2) is 18.6 Å². The fraction of sp³-hybridized carbons (Fsp3) is 0.600. The number of imidazole rings is 1. The van der Waals surface area contributed by atoms with Crippen molar-refractivity contribution < 1.29 is 0 Å². The molecule has 1 aliphatic heterocycles. The lowest BCUT2D eigenvalue weighted by Gasteiger charge is -2.35. The molecule has 0 atom stereocenters. The second-order valence-electron chi connectivity index (χ2n) is 6.09. The van der Waals surface area contributed by atoms with Gasteiger partial charge in [0.2, 0.25) is 0 Å². The first kappa shape index (κ1) is 12.9. The van der Waals surface area contributed by atoms with Crippen LogP contribution in [0.5, 0.6) is 0 Å². The summed E-state index contributed by atoms with van der Waals surface area (Å²) in [6.45, 7) is 5.63. The smallest absolute Gasteiger partial charge is 0.180 e. The van der Waals surface area contributed by atoms with Crippen LogP contribution in [-0.2, 0) is 0 Å². The van der Waals surface area contributed by atoms with Gasteiger partial charge in [-0.05, 0) is 18.8 Å². The van der Waals surface area contributed by atoms with E-state index in [1.807, 2.05) is 30.0 Å². The quantitative estimate of drug-likeness (QED) is 0.918. The van der Waals surface area contributed by atoms with Crippen molar-refractivity contribution in [2.45, 2.75) is 12.8 Å². The molecule has 21 heavy (non-hydrogen) atoms. The Bertz CT molecular complexity index is 624. The van der Waals surface area contributed by atoms with Gasteiger partial charge in [0.15, 0.2) is 11.5 Å². The molecule has 6 nitrogen and oxygen atoms in total. The number of nitrogens with one attached hydrogen (secondary N) is 1. The van der Waals surface area contributed by atoms with E-state index in [1.54, 1.807) is 0 Å². The molecule has 2 aliphatic rings. The summed E-state index contributed by atoms with van der Waals surface area (Å²) in [5, 5.41) is 3.13. The third kappa shape index (κ3) is 2.55. The first-order chi connectivity index (χ1) is 10.3. The molecule has 0 amide bonds. The largest absolute Gasteiger partial charge is 0.372 e. The monoisotopic (exact) mass is 286 g/mol. The molecule has 112 valence electrons. The Kier molecular flexibility index (Phi) is 3.18. The minimum Gasteiger partial charge on any atom is -0.372 e. The van der Waals surface area contributed by atoms with Crippen molar-refractivity contribution in [3.63, 3.8) is 0 Å². The standard InChI is InChI=1S/C15H22N6/c1-16-13-11-21-5-4-17-14(21)15(18-13)20-8-6-19(7-9-20)10-12-2-3-12/h4-5,11-12,16H,2-3,6-10H2,1H3. The molecule has 0 aromatic carbocycles. The van der Waals surface area contributed by atoms with Gasteiger partial charge in [0.1, 0.15) is 5.82 Å². The molecule has 2 aromatic rings. The highest BCUT2D eigenvalue weighted by Gasteiger charge is 2.27. The average Bonchev–Trinajstić information content (AvgIpc) is 3.21. The van der Waals surface area contributed by atoms with E-state index < -0.39 is 0 Å². The van der Waals surface area contributed by atoms with Gasteiger partial charge in [0, 0.05) is 52.2 Å². The Morgan fingerprint density at radius 2 is 2.05 bits per heavy atom. The predicted molar refractivity (Wildman–Crippen MR) is 83.9 cm³/mol. The summed E-state index contributed by atoms with van der Waals surface area (Å²) in [4.78, 5) is 14.2. The summed E-state index contributed by atoms with van der Waals surface area (Å²) in [5.74, 6) is 2.86. The Balaban J connectivity index is 1.54. The second-order valence-corrected chi connectivity index (χ2v) is 6.09. The van der Waals surface area contributed by atoms with Crippen molar-refractivity contribution in [2.75, 3.05) is 50.0 Å². The van der Waals surface area contributed by atoms with Crippen molar-refractivity contribution in [2.24, 2.45) is 5.92 Å². The van der Waals surface area contributed by atoms with Crippen LogP contribution in [0, 0.1) is 5.92 Å². The zero-order valence-corrected chi connectivity index (χ0v) is 12.5. The average molecular weight is 286 g/mol. The summed E-state index contributed by atoms with van der Waals surface area (Å²) in [7, 11) is 1.91. The number of hydrogen-bond donors (Lipinski definition) is 1. The third-order valence-corrected chi connectivity index (χ3v) is 4.50. The van der Waals surface area contributed by atoms with Crippen LogP contribution >= 0.6 is 0 Å². The molecule has 1 saturated carbocycles. The van der Waals surface area contributed by atoms with Crippen LogP contribution in [0.1, 0.15) is 12.8 Å². The number of nitrogens with zero attached hydrogens (tertiary/aromatic N) is 5. The predicted octanol–water partition coefficient (Wildman–Crippen LogP) is 1.30. The molecule has 6 heteroatoms. The zero-order valence-electron chi connectivity index (χ0n) is 12.5. The maximum atomic E-state index is 4.73. The zero-order chi connectivity index (χ0) is 14.2. The molecule has 0 spiro atoms. The molecule has 1 saturated heterocycles. The number of fused-ring (bicyclic) bond motifs is 1. The van der Waals surface area contributed by atoms with E-state index in [-0.39, 0.29) is 0 Å². The van der Waals surface area contributed by atoms with E-state index in [0.717, 1.165) is 49.4 Å². The molecule has 0 radical (unpaired) electrons. The maximum absolute atomic E-state index is 4.73. The van der Waals surface area contributed by atoms with Crippen LogP contribution in [0.2, 0.25) is 0 Å². The van der Waals surface area contributed by atoms with Gasteiger partial charge in [-0.25, -0.2) is 9.97 Å². The van der Waals surface area contributed by atoms with Crippen LogP contribution < -0.4 is 10.2 Å². The van der Waals surface area contributed by atoms with Crippen LogP contribution in [0.4, 0.5) is 11.6 Å². The topological polar surface area (TPSA) is 48.7 Å². The minimum atomic E-state index is 0.885. The van der Waals surface area contributed by atoms with Crippen molar-refractivity contribution in [3.05, 3.63) is 18.6 Å². The molecule has 1 aliphatic carbocycles. The molecule has 3 heterocycles. The van der Waals surface area contributed by atoms with Gasteiger partial charge < -0.3 is 14.6 Å². The highest BCUT2D eigenvalue weighted by molar-refractivity contribution is 5.67. The number of anilines is 2. The van der Waals surface area contributed by atoms with E-state index >= 15 is 0 Å². The van der Waals surface area contributed by atoms with Crippen LogP contribution in [0.25, 0.3) is 5.65 Å². The molecule has 0 unspecified atom stereocenters. The molecular weight excluding hydrogens is 264 g/mol. The lowest BCUT2D eigenvalue weighted by atomic mass is 10.3. The summed E-state index contributed by atoms with van der Waals surface area (Å²) < 4.78 is 2.05. The van der Waals surface area contributed by atoms with E-state index in [0.29, 0.717) is 0 Å². The van der Waals surface area contributed by atoms with Gasteiger partial charge in [-0.15, -0.1) is 0 Å². The maximum Gasteiger partial charge on any atom is 0.180 e. The Morgan fingerprint density at radius 3 is 2.76 bits per heavy atom. The Hall–Kier alpha value is -1.82. The van der Waals surface area contributed by atoms with E-state index in [9.17, 15) is 0 Å². The fourth-order valence-electron chi connectivity index (χ4n) is 3.06. The molecule has 1 N–H and O–H groups in total. The molecular formula is C15H22N6. The lowest BCUT2D eigenvalue weighted by Crippen LogP contribution is -2.47. The van der Waals surface area contributed by atoms with E-state index in [2.05, 4.69) is 20.1 Å². The van der Waals surface area contributed by atoms with Gasteiger partial charge in [-0.3, -0.25) is 4.90 Å². The van der Waals surface area contributed by atoms with Crippen molar-refractivity contribution in [3.8, 4) is 0 Å². The van der Waals surface area contributed by atoms with Crippen molar-refractivity contribution in [1.29, 1.82) is 0 Å². The Labute approximate surface area is 124 Å². The number of aromatic nitrogens is 3. The fourth-order valence-corrected chi connectivity index (χ4v) is 3.06. The number of rotatable bonds is 4. The third-order valence-electron chi connectivity index (χ3n) is 4.50. The van der Waals surface area contributed by atoms with Crippen molar-refractivity contribution >= 4 is 17.3 Å². The summed E-state index contributed by atoms with van der Waals surface area (Å²) in [5.41, 5.74) is 0.949. The molecule has 2 aromatic heterocycles. The first-order valence-electron chi connectivity index (χ1n) is 7.82. The minimum absolute atomic E-state index is 0.885. The van der Waals surface area contributed by atoms with Gasteiger partial charge in [-0.2, -0.15) is 0 Å². The molecule has 0 bridgehead atoms. The second kappa shape index (κ2) is 5.18.